The van der Waals surface area contributed by atoms with Crippen molar-refractivity contribution in [2.75, 3.05) is 6.61 Å². The van der Waals surface area contributed by atoms with E-state index in [4.69, 9.17) is 4.74 Å². The number of hydrogen-bond donors (Lipinski definition) is 1. The number of nitrogens with one attached hydrogen (secondary N) is 1. The van der Waals surface area contributed by atoms with Crippen LogP contribution in [-0.4, -0.2) is 16.2 Å². The molecular weight excluding hydrogens is 262 g/mol. The van der Waals surface area contributed by atoms with Crippen molar-refractivity contribution in [3.05, 3.63) is 66.0 Å². The summed E-state index contributed by atoms with van der Waals surface area (Å²) in [6, 6.07) is 14.7. The number of rotatable bonds is 3. The van der Waals surface area contributed by atoms with Gasteiger partial charge in [-0.1, -0.05) is 24.3 Å². The van der Waals surface area contributed by atoms with Crippen molar-refractivity contribution in [3.63, 3.8) is 0 Å². The third-order valence-electron chi connectivity index (χ3n) is 4.00. The van der Waals surface area contributed by atoms with Crippen LogP contribution in [0.1, 0.15) is 23.6 Å². The number of para-hydroxylation sites is 1. The van der Waals surface area contributed by atoms with E-state index >= 15 is 0 Å². The zero-order chi connectivity index (χ0) is 14.1. The molecule has 1 aromatic carbocycles. The Morgan fingerprint density at radius 3 is 3.10 bits per heavy atom. The largest absolute Gasteiger partial charge is 0.493 e. The number of nitrogens with zero attached hydrogens (tertiary/aromatic N) is 2. The van der Waals surface area contributed by atoms with Gasteiger partial charge < -0.3 is 10.1 Å². The Hall–Kier alpha value is -2.33. The zero-order valence-electron chi connectivity index (χ0n) is 11.7. The fraction of sp³-hybridized carbons (Fsp3) is 0.235. The molecule has 0 aliphatic carbocycles. The minimum absolute atomic E-state index is 0.341. The van der Waals surface area contributed by atoms with Gasteiger partial charge in [-0.3, -0.25) is 0 Å². The summed E-state index contributed by atoms with van der Waals surface area (Å²) in [6.07, 6.45) is 4.91. The minimum atomic E-state index is 0.341. The van der Waals surface area contributed by atoms with Gasteiger partial charge in [0.15, 0.2) is 0 Å². The third-order valence-corrected chi connectivity index (χ3v) is 4.00. The molecule has 0 saturated heterocycles. The average molecular weight is 279 g/mol. The van der Waals surface area contributed by atoms with Crippen LogP contribution in [0.25, 0.3) is 5.52 Å². The first-order chi connectivity index (χ1) is 10.4. The molecule has 4 heteroatoms. The first kappa shape index (κ1) is 12.4. The highest BCUT2D eigenvalue weighted by atomic mass is 16.5. The van der Waals surface area contributed by atoms with E-state index in [1.165, 1.54) is 11.1 Å². The van der Waals surface area contributed by atoms with Crippen LogP contribution < -0.4 is 10.1 Å². The number of benzene rings is 1. The summed E-state index contributed by atoms with van der Waals surface area (Å²) in [4.78, 5) is 0. The van der Waals surface area contributed by atoms with Gasteiger partial charge in [-0.15, -0.1) is 0 Å². The molecule has 1 unspecified atom stereocenters. The van der Waals surface area contributed by atoms with Crippen LogP contribution in [0.2, 0.25) is 0 Å². The lowest BCUT2D eigenvalue weighted by Gasteiger charge is -2.26. The fourth-order valence-electron chi connectivity index (χ4n) is 2.91. The summed E-state index contributed by atoms with van der Waals surface area (Å²) < 4.78 is 7.62. The second-order valence-electron chi connectivity index (χ2n) is 5.31. The van der Waals surface area contributed by atoms with Crippen molar-refractivity contribution in [1.82, 2.24) is 14.9 Å². The number of fused-ring (bicyclic) bond motifs is 2. The maximum absolute atomic E-state index is 5.70. The van der Waals surface area contributed by atoms with E-state index in [-0.39, 0.29) is 0 Å². The lowest BCUT2D eigenvalue weighted by molar-refractivity contribution is 0.252. The van der Waals surface area contributed by atoms with Crippen molar-refractivity contribution in [2.45, 2.75) is 19.0 Å². The van der Waals surface area contributed by atoms with Crippen LogP contribution in [0.4, 0.5) is 0 Å². The van der Waals surface area contributed by atoms with Crippen molar-refractivity contribution in [3.8, 4) is 5.75 Å². The molecule has 0 spiro atoms. The topological polar surface area (TPSA) is 38.6 Å². The Kier molecular flexibility index (Phi) is 3.09. The summed E-state index contributed by atoms with van der Waals surface area (Å²) in [5.74, 6) is 1.00. The van der Waals surface area contributed by atoms with E-state index in [1.54, 1.807) is 0 Å². The summed E-state index contributed by atoms with van der Waals surface area (Å²) in [6.45, 7) is 1.58. The molecule has 3 heterocycles. The highest BCUT2D eigenvalue weighted by Crippen LogP contribution is 2.31. The van der Waals surface area contributed by atoms with Crippen molar-refractivity contribution in [2.24, 2.45) is 0 Å². The SMILES string of the molecule is c1ccc2c(c1)OCCC2NCc1cnn2ccccc12. The maximum atomic E-state index is 5.70. The van der Waals surface area contributed by atoms with E-state index in [9.17, 15) is 0 Å². The van der Waals surface area contributed by atoms with E-state index in [0.717, 1.165) is 30.8 Å². The standard InChI is InChI=1S/C17H17N3O/c1-2-7-17-14(5-1)15(8-10-21-17)18-11-13-12-19-20-9-4-3-6-16(13)20/h1-7,9,12,15,18H,8,10-11H2. The molecule has 4 rings (SSSR count). The van der Waals surface area contributed by atoms with Crippen molar-refractivity contribution in [1.29, 1.82) is 0 Å². The summed E-state index contributed by atoms with van der Waals surface area (Å²) >= 11 is 0. The van der Waals surface area contributed by atoms with Crippen LogP contribution in [0, 0.1) is 0 Å². The molecule has 3 aromatic rings. The second-order valence-corrected chi connectivity index (χ2v) is 5.31. The number of aromatic nitrogens is 2. The molecule has 0 amide bonds. The van der Waals surface area contributed by atoms with Gasteiger partial charge in [0.05, 0.1) is 18.3 Å². The van der Waals surface area contributed by atoms with Crippen LogP contribution in [0.3, 0.4) is 0 Å². The molecule has 0 saturated carbocycles. The van der Waals surface area contributed by atoms with E-state index in [2.05, 4.69) is 28.6 Å². The van der Waals surface area contributed by atoms with E-state index in [0.29, 0.717) is 6.04 Å². The first-order valence-electron chi connectivity index (χ1n) is 7.28. The lowest BCUT2D eigenvalue weighted by atomic mass is 10.0. The van der Waals surface area contributed by atoms with Crippen LogP contribution in [-0.2, 0) is 6.54 Å². The average Bonchev–Trinajstić information content (AvgIpc) is 2.96. The van der Waals surface area contributed by atoms with Gasteiger partial charge in [-0.05, 0) is 18.2 Å². The molecule has 2 aromatic heterocycles. The number of pyridine rings is 1. The van der Waals surface area contributed by atoms with Gasteiger partial charge in [-0.2, -0.15) is 5.10 Å². The Balaban J connectivity index is 1.55. The maximum Gasteiger partial charge on any atom is 0.124 e. The van der Waals surface area contributed by atoms with Gasteiger partial charge in [0.2, 0.25) is 0 Å². The zero-order valence-corrected chi connectivity index (χ0v) is 11.7. The predicted molar refractivity (Wildman–Crippen MR) is 81.3 cm³/mol. The van der Waals surface area contributed by atoms with Crippen LogP contribution in [0.5, 0.6) is 5.75 Å². The van der Waals surface area contributed by atoms with Crippen LogP contribution >= 0.6 is 0 Å². The molecule has 1 aliphatic heterocycles. The molecular formula is C17H17N3O. The minimum Gasteiger partial charge on any atom is -0.493 e. The van der Waals surface area contributed by atoms with Crippen LogP contribution in [0.15, 0.2) is 54.9 Å². The van der Waals surface area contributed by atoms with Gasteiger partial charge in [0.25, 0.3) is 0 Å². The summed E-state index contributed by atoms with van der Waals surface area (Å²) in [5.41, 5.74) is 3.63. The normalized spacial score (nSPS) is 17.4. The quantitative estimate of drug-likeness (QED) is 0.801. The Morgan fingerprint density at radius 1 is 1.19 bits per heavy atom. The van der Waals surface area contributed by atoms with Crippen molar-refractivity contribution >= 4 is 5.52 Å². The molecule has 1 aliphatic rings. The highest BCUT2D eigenvalue weighted by molar-refractivity contribution is 5.53. The number of hydrogen-bond acceptors (Lipinski definition) is 3. The molecule has 1 N–H and O–H groups in total. The van der Waals surface area contributed by atoms with Gasteiger partial charge in [0.1, 0.15) is 5.75 Å². The Bertz CT molecular complexity index is 765. The summed E-state index contributed by atoms with van der Waals surface area (Å²) in [5, 5.41) is 8.02. The van der Waals surface area contributed by atoms with Gasteiger partial charge in [0, 0.05) is 36.3 Å². The molecule has 0 radical (unpaired) electrons. The molecule has 4 nitrogen and oxygen atoms in total. The first-order valence-corrected chi connectivity index (χ1v) is 7.28. The van der Waals surface area contributed by atoms with E-state index in [1.807, 2.05) is 41.2 Å². The predicted octanol–water partition coefficient (Wildman–Crippen LogP) is 2.95. The molecule has 106 valence electrons. The third kappa shape index (κ3) is 2.28. The Labute approximate surface area is 123 Å². The smallest absolute Gasteiger partial charge is 0.124 e. The monoisotopic (exact) mass is 279 g/mol. The molecule has 21 heavy (non-hydrogen) atoms. The lowest BCUT2D eigenvalue weighted by Crippen LogP contribution is -2.26. The van der Waals surface area contributed by atoms with Gasteiger partial charge >= 0.3 is 0 Å². The highest BCUT2D eigenvalue weighted by Gasteiger charge is 2.20. The van der Waals surface area contributed by atoms with Gasteiger partial charge in [-0.25, -0.2) is 4.52 Å². The van der Waals surface area contributed by atoms with E-state index < -0.39 is 0 Å². The molecule has 0 bridgehead atoms. The fourth-order valence-corrected chi connectivity index (χ4v) is 2.91. The number of ether oxygens (including phenoxy) is 1. The molecule has 0 fully saturated rings. The summed E-state index contributed by atoms with van der Waals surface area (Å²) in [7, 11) is 0. The molecule has 1 atom stereocenters. The van der Waals surface area contributed by atoms with Crippen molar-refractivity contribution < 1.29 is 4.74 Å². The second kappa shape index (κ2) is 5.22. The Morgan fingerprint density at radius 2 is 2.10 bits per heavy atom.